The Kier molecular flexibility index (Phi) is 4.77. The van der Waals surface area contributed by atoms with Gasteiger partial charge < -0.3 is 14.6 Å². The van der Waals surface area contributed by atoms with Crippen LogP contribution in [0.25, 0.3) is 12.2 Å². The molecule has 2 aromatic rings. The summed E-state index contributed by atoms with van der Waals surface area (Å²) in [6.45, 7) is 2.65. The fourth-order valence-electron chi connectivity index (χ4n) is 3.40. The van der Waals surface area contributed by atoms with Crippen LogP contribution in [0.1, 0.15) is 46.6 Å². The summed E-state index contributed by atoms with van der Waals surface area (Å²) < 4.78 is 11.2. The van der Waals surface area contributed by atoms with Crippen LogP contribution in [0.15, 0.2) is 23.0 Å². The number of amides is 1. The second kappa shape index (κ2) is 7.35. The smallest absolute Gasteiger partial charge is 0.252 e. The number of fused-ring (bicyclic) bond motifs is 1. The van der Waals surface area contributed by atoms with Crippen molar-refractivity contribution in [1.29, 1.82) is 0 Å². The van der Waals surface area contributed by atoms with E-state index in [0.29, 0.717) is 23.3 Å². The van der Waals surface area contributed by atoms with Crippen molar-refractivity contribution >= 4 is 18.1 Å². The third-order valence-corrected chi connectivity index (χ3v) is 4.80. The molecular weight excluding hydrogens is 334 g/mol. The number of carbonyl (C=O) groups excluding carboxylic acids is 1. The van der Waals surface area contributed by atoms with Gasteiger partial charge in [0, 0.05) is 38.1 Å². The first-order valence-electron chi connectivity index (χ1n) is 8.77. The summed E-state index contributed by atoms with van der Waals surface area (Å²) in [4.78, 5) is 22.6. The van der Waals surface area contributed by atoms with E-state index >= 15 is 0 Å². The molecule has 2 aromatic heterocycles. The molecule has 2 aliphatic rings. The monoisotopic (exact) mass is 355 g/mol. The van der Waals surface area contributed by atoms with Crippen LogP contribution < -0.4 is 5.32 Å². The fourth-order valence-corrected chi connectivity index (χ4v) is 3.40. The molecule has 0 aromatic carbocycles. The molecule has 8 heteroatoms. The molecule has 0 radical (unpaired) electrons. The molecule has 0 aliphatic carbocycles. The molecule has 2 saturated heterocycles. The second-order valence-corrected chi connectivity index (χ2v) is 6.52. The van der Waals surface area contributed by atoms with E-state index in [-0.39, 0.29) is 12.0 Å². The van der Waals surface area contributed by atoms with Gasteiger partial charge in [0.1, 0.15) is 6.10 Å². The van der Waals surface area contributed by atoms with Crippen LogP contribution in [0.3, 0.4) is 0 Å². The molecule has 2 aliphatic heterocycles. The van der Waals surface area contributed by atoms with Crippen molar-refractivity contribution in [3.05, 3.63) is 41.3 Å². The maximum Gasteiger partial charge on any atom is 0.252 e. The van der Waals surface area contributed by atoms with Crippen molar-refractivity contribution in [2.24, 2.45) is 0 Å². The van der Waals surface area contributed by atoms with Crippen molar-refractivity contribution in [2.75, 3.05) is 26.7 Å². The van der Waals surface area contributed by atoms with Gasteiger partial charge in [-0.25, -0.2) is 0 Å². The van der Waals surface area contributed by atoms with Gasteiger partial charge in [0.25, 0.3) is 11.8 Å². The molecular formula is C18H21N5O3. The predicted octanol–water partition coefficient (Wildman–Crippen LogP) is 1.53. The highest BCUT2D eigenvalue weighted by Crippen LogP contribution is 2.28. The van der Waals surface area contributed by atoms with Gasteiger partial charge in [0.2, 0.25) is 5.82 Å². The van der Waals surface area contributed by atoms with E-state index in [0.717, 1.165) is 25.3 Å². The zero-order valence-corrected chi connectivity index (χ0v) is 14.6. The summed E-state index contributed by atoms with van der Waals surface area (Å²) in [6.07, 6.45) is 8.97. The summed E-state index contributed by atoms with van der Waals surface area (Å²) >= 11 is 0. The lowest BCUT2D eigenvalue weighted by molar-refractivity contribution is -0.0548. The number of morpholine rings is 1. The first-order valence-corrected chi connectivity index (χ1v) is 8.77. The molecule has 4 rings (SSSR count). The van der Waals surface area contributed by atoms with E-state index in [4.69, 9.17) is 9.26 Å². The number of hydrogen-bond acceptors (Lipinski definition) is 7. The summed E-state index contributed by atoms with van der Waals surface area (Å²) in [5.41, 5.74) is 1.27. The SMILES string of the molecule is CNC(=O)c1cncc(/C=C/c2nc([C@H]3CN4CCC[C@H]4CO3)no2)c1. The van der Waals surface area contributed by atoms with E-state index < -0.39 is 0 Å². The van der Waals surface area contributed by atoms with E-state index in [2.05, 4.69) is 25.3 Å². The van der Waals surface area contributed by atoms with Gasteiger partial charge in [-0.15, -0.1) is 0 Å². The zero-order valence-electron chi connectivity index (χ0n) is 14.6. The lowest BCUT2D eigenvalue weighted by Crippen LogP contribution is -2.42. The summed E-state index contributed by atoms with van der Waals surface area (Å²) in [5, 5.41) is 6.63. The average molecular weight is 355 g/mol. The zero-order chi connectivity index (χ0) is 17.9. The molecule has 0 saturated carbocycles. The number of rotatable bonds is 4. The molecule has 2 fully saturated rings. The van der Waals surface area contributed by atoms with Crippen molar-refractivity contribution < 1.29 is 14.1 Å². The Balaban J connectivity index is 1.43. The molecule has 8 nitrogen and oxygen atoms in total. The first kappa shape index (κ1) is 16.9. The van der Waals surface area contributed by atoms with Gasteiger partial charge in [-0.3, -0.25) is 14.7 Å². The van der Waals surface area contributed by atoms with Crippen LogP contribution >= 0.6 is 0 Å². The van der Waals surface area contributed by atoms with Gasteiger partial charge in [-0.2, -0.15) is 4.98 Å². The molecule has 0 unspecified atom stereocenters. The number of nitrogens with zero attached hydrogens (tertiary/aromatic N) is 4. The van der Waals surface area contributed by atoms with Crippen LogP contribution in [-0.2, 0) is 4.74 Å². The number of hydrogen-bond donors (Lipinski definition) is 1. The maximum atomic E-state index is 11.7. The van der Waals surface area contributed by atoms with Crippen LogP contribution in [0.5, 0.6) is 0 Å². The van der Waals surface area contributed by atoms with Gasteiger partial charge in [0.15, 0.2) is 0 Å². The number of nitrogens with one attached hydrogen (secondary N) is 1. The second-order valence-electron chi connectivity index (χ2n) is 6.52. The summed E-state index contributed by atoms with van der Waals surface area (Å²) in [5.74, 6) is 0.798. The minimum atomic E-state index is -0.178. The quantitative estimate of drug-likeness (QED) is 0.889. The summed E-state index contributed by atoms with van der Waals surface area (Å²) in [6, 6.07) is 2.29. The molecule has 4 heterocycles. The fraction of sp³-hybridized carbons (Fsp3) is 0.444. The number of pyridine rings is 1. The van der Waals surface area contributed by atoms with E-state index in [1.54, 1.807) is 31.5 Å². The molecule has 26 heavy (non-hydrogen) atoms. The normalized spacial score (nSPS) is 23.3. The molecule has 1 amide bonds. The van der Waals surface area contributed by atoms with Crippen molar-refractivity contribution in [2.45, 2.75) is 25.0 Å². The van der Waals surface area contributed by atoms with Crippen LogP contribution in [-0.4, -0.2) is 58.7 Å². The Labute approximate surface area is 151 Å². The van der Waals surface area contributed by atoms with E-state index in [1.807, 2.05) is 0 Å². The van der Waals surface area contributed by atoms with Gasteiger partial charge in [-0.05, 0) is 37.1 Å². The highest BCUT2D eigenvalue weighted by Gasteiger charge is 2.34. The third kappa shape index (κ3) is 3.51. The molecule has 2 atom stereocenters. The Morgan fingerprint density at radius 2 is 2.31 bits per heavy atom. The minimum Gasteiger partial charge on any atom is -0.367 e. The number of carbonyl (C=O) groups is 1. The summed E-state index contributed by atoms with van der Waals surface area (Å²) in [7, 11) is 1.59. The average Bonchev–Trinajstić information content (AvgIpc) is 3.34. The first-order chi connectivity index (χ1) is 12.7. The van der Waals surface area contributed by atoms with Gasteiger partial charge in [-0.1, -0.05) is 5.16 Å². The molecule has 136 valence electrons. The number of ether oxygens (including phenoxy) is 1. The molecule has 1 N–H and O–H groups in total. The van der Waals surface area contributed by atoms with Crippen LogP contribution in [0, 0.1) is 0 Å². The van der Waals surface area contributed by atoms with Crippen LogP contribution in [0.2, 0.25) is 0 Å². The predicted molar refractivity (Wildman–Crippen MR) is 94.1 cm³/mol. The Hall–Kier alpha value is -2.58. The lowest BCUT2D eigenvalue weighted by Gasteiger charge is -2.33. The van der Waals surface area contributed by atoms with E-state index in [9.17, 15) is 4.79 Å². The highest BCUT2D eigenvalue weighted by atomic mass is 16.5. The Bertz CT molecular complexity index is 819. The number of aromatic nitrogens is 3. The topological polar surface area (TPSA) is 93.4 Å². The van der Waals surface area contributed by atoms with Crippen molar-refractivity contribution in [3.63, 3.8) is 0 Å². The Morgan fingerprint density at radius 1 is 1.38 bits per heavy atom. The standard InChI is InChI=1S/C18H21N5O3/c1-19-18(24)13-7-12(8-20-9-13)4-5-16-21-17(22-26-16)15-10-23-6-2-3-14(23)11-25-15/h4-5,7-9,14-15H,2-3,6,10-11H2,1H3,(H,19,24)/b5-4+/t14-,15+/m0/s1. The van der Waals surface area contributed by atoms with Crippen molar-refractivity contribution in [3.8, 4) is 0 Å². The van der Waals surface area contributed by atoms with E-state index in [1.165, 1.54) is 19.0 Å². The van der Waals surface area contributed by atoms with Crippen LogP contribution in [0.4, 0.5) is 0 Å². The van der Waals surface area contributed by atoms with Crippen molar-refractivity contribution in [1.82, 2.24) is 25.3 Å². The molecule has 0 spiro atoms. The highest BCUT2D eigenvalue weighted by molar-refractivity contribution is 5.94. The lowest BCUT2D eigenvalue weighted by atomic mass is 10.2. The molecule has 0 bridgehead atoms. The Morgan fingerprint density at radius 3 is 3.19 bits per heavy atom. The maximum absolute atomic E-state index is 11.7. The van der Waals surface area contributed by atoms with Gasteiger partial charge >= 0.3 is 0 Å². The third-order valence-electron chi connectivity index (χ3n) is 4.80. The minimum absolute atomic E-state index is 0.145. The van der Waals surface area contributed by atoms with Gasteiger partial charge in [0.05, 0.1) is 12.2 Å². The largest absolute Gasteiger partial charge is 0.367 e.